The quantitative estimate of drug-likeness (QED) is 0.301. The lowest BCUT2D eigenvalue weighted by Crippen LogP contribution is -2.56. The van der Waals surface area contributed by atoms with Gasteiger partial charge in [0.05, 0.1) is 17.8 Å². The Kier molecular flexibility index (Phi) is 6.99. The van der Waals surface area contributed by atoms with Crippen LogP contribution in [0.4, 0.5) is 9.59 Å². The zero-order valence-corrected chi connectivity index (χ0v) is 26.9. The molecule has 13 atom stereocenters. The van der Waals surface area contributed by atoms with Gasteiger partial charge in [0.2, 0.25) is 0 Å². The van der Waals surface area contributed by atoms with Crippen LogP contribution in [0.1, 0.15) is 99.8 Å². The minimum absolute atomic E-state index is 0.0855. The van der Waals surface area contributed by atoms with E-state index in [1.54, 1.807) is 13.8 Å². The Bertz CT molecular complexity index is 1180. The summed E-state index contributed by atoms with van der Waals surface area (Å²) in [6.07, 6.45) is 3.48. The first kappa shape index (κ1) is 30.9. The molecule has 1 aliphatic heterocycles. The van der Waals surface area contributed by atoms with Crippen molar-refractivity contribution in [2.45, 2.75) is 136 Å². The highest BCUT2D eigenvalue weighted by Gasteiger charge is 2.86. The first-order chi connectivity index (χ1) is 19.9. The molecule has 2 amide bonds. The van der Waals surface area contributed by atoms with E-state index in [9.17, 15) is 19.5 Å². The molecule has 2 spiro atoms. The summed E-state index contributed by atoms with van der Waals surface area (Å²) in [5.74, 6) is 1.03. The van der Waals surface area contributed by atoms with Crippen molar-refractivity contribution in [2.75, 3.05) is 0 Å². The Balaban J connectivity index is 1.34. The van der Waals surface area contributed by atoms with Crippen LogP contribution in [0.3, 0.4) is 0 Å². The average molecular weight is 605 g/mol. The molecule has 0 aromatic carbocycles. The number of rotatable bonds is 5. The minimum atomic E-state index is -1.30. The second-order valence-electron chi connectivity index (χ2n) is 16.3. The fourth-order valence-electron chi connectivity index (χ4n) is 12.7. The first-order valence-electron chi connectivity index (χ1n) is 16.4. The summed E-state index contributed by atoms with van der Waals surface area (Å²) in [6, 6.07) is 0. The highest BCUT2D eigenvalue weighted by atomic mass is 16.6. The third-order valence-corrected chi connectivity index (χ3v) is 14.1. The van der Waals surface area contributed by atoms with Gasteiger partial charge in [-0.25, -0.2) is 9.59 Å². The van der Waals surface area contributed by atoms with E-state index >= 15 is 0 Å². The van der Waals surface area contributed by atoms with Crippen molar-refractivity contribution in [1.29, 1.82) is 0 Å². The molecule has 0 aromatic heterocycles. The van der Waals surface area contributed by atoms with Crippen molar-refractivity contribution in [3.05, 3.63) is 0 Å². The number of hydrogen-bond donors (Lipinski definition) is 3. The molecule has 6 fully saturated rings. The van der Waals surface area contributed by atoms with Gasteiger partial charge >= 0.3 is 18.2 Å². The molecule has 5 N–H and O–H groups in total. The van der Waals surface area contributed by atoms with Crippen LogP contribution in [-0.2, 0) is 23.7 Å². The molecule has 43 heavy (non-hydrogen) atoms. The van der Waals surface area contributed by atoms with Crippen LogP contribution < -0.4 is 11.5 Å². The molecule has 0 bridgehead atoms. The van der Waals surface area contributed by atoms with Crippen molar-refractivity contribution in [3.8, 4) is 0 Å². The Labute approximate surface area is 255 Å². The van der Waals surface area contributed by atoms with E-state index in [2.05, 4.69) is 27.7 Å². The van der Waals surface area contributed by atoms with Gasteiger partial charge in [0.1, 0.15) is 12.2 Å². The second kappa shape index (κ2) is 9.71. The molecular formula is C33H52N2O8. The number of ether oxygens (including phenoxy) is 4. The molecule has 6 rings (SSSR count). The Morgan fingerprint density at radius 1 is 0.907 bits per heavy atom. The molecule has 0 aromatic rings. The van der Waals surface area contributed by atoms with Crippen LogP contribution in [-0.4, -0.2) is 59.4 Å². The normalized spacial score (nSPS) is 48.2. The number of fused-ring (bicyclic) bond motifs is 4. The Morgan fingerprint density at radius 3 is 2.16 bits per heavy atom. The molecule has 242 valence electrons. The number of nitrogens with two attached hydrogens (primary N) is 2. The monoisotopic (exact) mass is 604 g/mol. The fraction of sp³-hybridized carbons (Fsp3) is 0.909. The van der Waals surface area contributed by atoms with Crippen LogP contribution in [0, 0.1) is 51.2 Å². The van der Waals surface area contributed by atoms with Gasteiger partial charge in [0, 0.05) is 18.3 Å². The number of esters is 1. The van der Waals surface area contributed by atoms with Gasteiger partial charge in [0.25, 0.3) is 0 Å². The Hall–Kier alpha value is -2.07. The molecule has 5 saturated carbocycles. The maximum absolute atomic E-state index is 12.5. The number of carbonyl (C=O) groups excluding carboxylic acids is 3. The van der Waals surface area contributed by atoms with E-state index in [1.165, 1.54) is 6.92 Å². The molecular weight excluding hydrogens is 552 g/mol. The first-order valence-corrected chi connectivity index (χ1v) is 16.4. The average Bonchev–Trinajstić information content (AvgIpc) is 3.32. The molecule has 10 nitrogen and oxygen atoms in total. The van der Waals surface area contributed by atoms with Crippen molar-refractivity contribution in [1.82, 2.24) is 0 Å². The van der Waals surface area contributed by atoms with Crippen molar-refractivity contribution >= 4 is 18.2 Å². The summed E-state index contributed by atoms with van der Waals surface area (Å²) in [4.78, 5) is 36.2. The van der Waals surface area contributed by atoms with Gasteiger partial charge in [-0.1, -0.05) is 27.7 Å². The van der Waals surface area contributed by atoms with Gasteiger partial charge in [-0.05, 0) is 105 Å². The maximum Gasteiger partial charge on any atom is 0.404 e. The molecule has 1 saturated heterocycles. The molecule has 0 radical (unpaired) electrons. The summed E-state index contributed by atoms with van der Waals surface area (Å²) >= 11 is 0. The summed E-state index contributed by atoms with van der Waals surface area (Å²) in [5.41, 5.74) is 9.90. The van der Waals surface area contributed by atoms with Gasteiger partial charge in [-0.3, -0.25) is 4.79 Å². The number of hydrogen-bond acceptors (Lipinski definition) is 8. The number of amides is 2. The van der Waals surface area contributed by atoms with E-state index in [0.717, 1.165) is 44.9 Å². The van der Waals surface area contributed by atoms with E-state index in [-0.39, 0.29) is 39.6 Å². The topological polar surface area (TPSA) is 160 Å². The SMILES string of the molecule is CC(=O)O[C@@H](C1CCC2C(O1)C(OC(N)=O)C1C3CCC4C(C)(C)[C@@H](OC(N)=O)CC[C@@]45[C@@H](C)[C@@]35CC[C@]21C)C(C)(C)O. The van der Waals surface area contributed by atoms with Crippen molar-refractivity contribution in [3.63, 3.8) is 0 Å². The lowest BCUT2D eigenvalue weighted by Gasteiger charge is -2.59. The van der Waals surface area contributed by atoms with Gasteiger partial charge < -0.3 is 35.5 Å². The van der Waals surface area contributed by atoms with Crippen LogP contribution >= 0.6 is 0 Å². The smallest absolute Gasteiger partial charge is 0.404 e. The van der Waals surface area contributed by atoms with Gasteiger partial charge in [-0.15, -0.1) is 0 Å². The van der Waals surface area contributed by atoms with E-state index in [1.807, 2.05) is 0 Å². The fourth-order valence-corrected chi connectivity index (χ4v) is 12.7. The van der Waals surface area contributed by atoms with Crippen LogP contribution in [0.5, 0.6) is 0 Å². The molecule has 7 unspecified atom stereocenters. The lowest BCUT2D eigenvalue weighted by molar-refractivity contribution is -0.207. The molecule has 10 heteroatoms. The summed E-state index contributed by atoms with van der Waals surface area (Å²) < 4.78 is 24.1. The molecule has 1 heterocycles. The third kappa shape index (κ3) is 4.13. The highest BCUT2D eigenvalue weighted by Crippen LogP contribution is 2.89. The summed E-state index contributed by atoms with van der Waals surface area (Å²) in [5, 5.41) is 10.9. The van der Waals surface area contributed by atoms with Gasteiger partial charge in [0.15, 0.2) is 6.10 Å². The highest BCUT2D eigenvalue weighted by molar-refractivity contribution is 5.66. The Morgan fingerprint density at radius 2 is 1.56 bits per heavy atom. The van der Waals surface area contributed by atoms with Gasteiger partial charge in [-0.2, -0.15) is 0 Å². The van der Waals surface area contributed by atoms with E-state index in [0.29, 0.717) is 24.2 Å². The zero-order valence-electron chi connectivity index (χ0n) is 26.9. The van der Waals surface area contributed by atoms with Crippen LogP contribution in [0.15, 0.2) is 0 Å². The maximum atomic E-state index is 12.5. The minimum Gasteiger partial charge on any atom is -0.457 e. The number of primary amides is 2. The lowest BCUT2D eigenvalue weighted by atomic mass is 9.46. The van der Waals surface area contributed by atoms with E-state index in [4.69, 9.17) is 30.4 Å². The molecule has 6 aliphatic rings. The van der Waals surface area contributed by atoms with Crippen LogP contribution in [0.25, 0.3) is 0 Å². The second-order valence-corrected chi connectivity index (χ2v) is 16.3. The summed E-state index contributed by atoms with van der Waals surface area (Å²) in [6.45, 7) is 13.9. The van der Waals surface area contributed by atoms with Crippen molar-refractivity contribution < 1.29 is 38.4 Å². The van der Waals surface area contributed by atoms with Crippen molar-refractivity contribution in [2.24, 2.45) is 62.7 Å². The number of carbonyl (C=O) groups is 3. The predicted octanol–water partition coefficient (Wildman–Crippen LogP) is 4.68. The standard InChI is InChI=1S/C33H52N2O8/c1-16-32-15-14-31(7)19-8-10-20(26(30(5,6)39)40-17(2)36)41-24(19)25(43-28(35)38)23(31)18(32)9-11-21-29(3,4)22(42-27(34)37)12-13-33(16,21)32/h16,18-26,39H,8-15H2,1-7H3,(H2,34,37)(H2,35,38)/t16-,18?,19?,20?,21?,22-,23?,24?,25?,26-,31+,32-,33+/m0/s1. The predicted molar refractivity (Wildman–Crippen MR) is 156 cm³/mol. The summed E-state index contributed by atoms with van der Waals surface area (Å²) in [7, 11) is 0. The van der Waals surface area contributed by atoms with E-state index < -0.39 is 48.2 Å². The molecule has 5 aliphatic carbocycles. The van der Waals surface area contributed by atoms with Crippen LogP contribution in [0.2, 0.25) is 0 Å². The zero-order chi connectivity index (χ0) is 31.5. The largest absolute Gasteiger partial charge is 0.457 e. The number of aliphatic hydroxyl groups is 1. The third-order valence-electron chi connectivity index (χ3n) is 14.1.